The van der Waals surface area contributed by atoms with E-state index in [0.717, 1.165) is 22.8 Å². The van der Waals surface area contributed by atoms with Crippen LogP contribution in [0.1, 0.15) is 49.1 Å². The minimum atomic E-state index is 0.528. The second-order valence-electron chi connectivity index (χ2n) is 7.83. The van der Waals surface area contributed by atoms with Gasteiger partial charge in [0.25, 0.3) is 0 Å². The number of rotatable bonds is 3. The van der Waals surface area contributed by atoms with Crippen molar-refractivity contribution in [2.24, 2.45) is 0 Å². The van der Waals surface area contributed by atoms with Crippen molar-refractivity contribution in [3.8, 4) is 28.6 Å². The van der Waals surface area contributed by atoms with Gasteiger partial charge in [0.05, 0.1) is 11.1 Å². The molecule has 2 aromatic carbocycles. The van der Waals surface area contributed by atoms with Crippen molar-refractivity contribution in [1.82, 2.24) is 15.0 Å². The molecule has 0 unspecified atom stereocenters. The van der Waals surface area contributed by atoms with E-state index in [9.17, 15) is 0 Å². The molecule has 142 valence electrons. The minimum Gasteiger partial charge on any atom is -0.337 e. The van der Waals surface area contributed by atoms with E-state index in [4.69, 9.17) is 5.26 Å². The first-order valence-corrected chi connectivity index (χ1v) is 10.3. The van der Waals surface area contributed by atoms with Gasteiger partial charge in [0.15, 0.2) is 5.65 Å². The van der Waals surface area contributed by atoms with Crippen LogP contribution in [0.2, 0.25) is 0 Å². The van der Waals surface area contributed by atoms with Gasteiger partial charge in [0.2, 0.25) is 0 Å². The van der Waals surface area contributed by atoms with Crippen LogP contribution in [0.5, 0.6) is 0 Å². The molecule has 4 nitrogen and oxygen atoms in total. The number of aromatic nitrogens is 3. The molecular formula is C25H22N4. The van der Waals surface area contributed by atoms with E-state index in [1.807, 2.05) is 0 Å². The van der Waals surface area contributed by atoms with Crippen molar-refractivity contribution in [3.63, 3.8) is 0 Å². The van der Waals surface area contributed by atoms with Crippen LogP contribution in [0.4, 0.5) is 0 Å². The number of imidazole rings is 1. The quantitative estimate of drug-likeness (QED) is 0.461. The molecule has 1 aliphatic rings. The Morgan fingerprint density at radius 2 is 1.52 bits per heavy atom. The summed E-state index contributed by atoms with van der Waals surface area (Å²) in [6.07, 6.45) is 8.33. The van der Waals surface area contributed by atoms with Crippen molar-refractivity contribution in [3.05, 3.63) is 71.9 Å². The van der Waals surface area contributed by atoms with Crippen molar-refractivity contribution in [2.45, 2.75) is 38.0 Å². The van der Waals surface area contributed by atoms with Gasteiger partial charge in [-0.2, -0.15) is 5.26 Å². The summed E-state index contributed by atoms with van der Waals surface area (Å²) < 4.78 is 0. The molecule has 0 spiro atoms. The van der Waals surface area contributed by atoms with Gasteiger partial charge in [-0.15, -0.1) is 0 Å². The van der Waals surface area contributed by atoms with E-state index in [-0.39, 0.29) is 0 Å². The summed E-state index contributed by atoms with van der Waals surface area (Å²) in [5, 5.41) is 9.03. The normalized spacial score (nSPS) is 14.7. The van der Waals surface area contributed by atoms with Crippen LogP contribution in [0, 0.1) is 11.3 Å². The molecule has 4 heteroatoms. The summed E-state index contributed by atoms with van der Waals surface area (Å²) in [4.78, 5) is 12.1. The zero-order valence-corrected chi connectivity index (χ0v) is 16.2. The molecule has 0 amide bonds. The molecule has 5 rings (SSSR count). The summed E-state index contributed by atoms with van der Waals surface area (Å²) in [5.41, 5.74) is 6.86. The monoisotopic (exact) mass is 378 g/mol. The molecule has 2 heterocycles. The number of benzene rings is 2. The number of fused-ring (bicyclic) bond motifs is 1. The predicted octanol–water partition coefficient (Wildman–Crippen LogP) is 6.21. The number of nitrogens with one attached hydrogen (secondary N) is 1. The Balaban J connectivity index is 1.38. The van der Waals surface area contributed by atoms with Crippen molar-refractivity contribution < 1.29 is 0 Å². The minimum absolute atomic E-state index is 0.528. The van der Waals surface area contributed by atoms with E-state index in [1.165, 1.54) is 48.8 Å². The molecule has 0 bridgehead atoms. The van der Waals surface area contributed by atoms with Gasteiger partial charge in [-0.25, -0.2) is 9.97 Å². The van der Waals surface area contributed by atoms with Crippen LogP contribution in [-0.2, 0) is 0 Å². The number of hydrogen-bond acceptors (Lipinski definition) is 3. The Hall–Kier alpha value is -3.45. The van der Waals surface area contributed by atoms with Crippen molar-refractivity contribution in [2.75, 3.05) is 0 Å². The smallest absolute Gasteiger partial charge is 0.178 e. The maximum atomic E-state index is 9.03. The van der Waals surface area contributed by atoms with Crippen molar-refractivity contribution >= 4 is 11.2 Å². The fraction of sp³-hybridized carbons (Fsp3) is 0.240. The molecule has 4 aromatic rings. The highest BCUT2D eigenvalue weighted by molar-refractivity contribution is 5.77. The van der Waals surface area contributed by atoms with E-state index in [1.54, 1.807) is 12.3 Å². The topological polar surface area (TPSA) is 65.4 Å². The predicted molar refractivity (Wildman–Crippen MR) is 115 cm³/mol. The Morgan fingerprint density at radius 3 is 2.21 bits per heavy atom. The highest BCUT2D eigenvalue weighted by Gasteiger charge is 2.15. The lowest BCUT2D eigenvalue weighted by Gasteiger charge is -2.22. The van der Waals surface area contributed by atoms with Crippen LogP contribution in [0.3, 0.4) is 0 Å². The maximum absolute atomic E-state index is 9.03. The average Bonchev–Trinajstić information content (AvgIpc) is 3.23. The Morgan fingerprint density at radius 1 is 0.862 bits per heavy atom. The summed E-state index contributed by atoms with van der Waals surface area (Å²) in [5.74, 6) is 1.50. The van der Waals surface area contributed by atoms with Crippen molar-refractivity contribution in [1.29, 1.82) is 5.26 Å². The van der Waals surface area contributed by atoms with E-state index in [0.29, 0.717) is 11.2 Å². The number of pyridine rings is 1. The van der Waals surface area contributed by atoms with Gasteiger partial charge >= 0.3 is 0 Å². The number of hydrogen-bond donors (Lipinski definition) is 1. The van der Waals surface area contributed by atoms with Crippen LogP contribution >= 0.6 is 0 Å². The van der Waals surface area contributed by atoms with Gasteiger partial charge in [0, 0.05) is 11.8 Å². The Bertz CT molecular complexity index is 1170. The van der Waals surface area contributed by atoms with Gasteiger partial charge in [-0.1, -0.05) is 67.8 Å². The highest BCUT2D eigenvalue weighted by atomic mass is 15.0. The largest absolute Gasteiger partial charge is 0.337 e. The first-order chi connectivity index (χ1) is 14.3. The molecule has 0 saturated heterocycles. The second kappa shape index (κ2) is 7.52. The maximum Gasteiger partial charge on any atom is 0.178 e. The highest BCUT2D eigenvalue weighted by Crippen LogP contribution is 2.33. The molecular weight excluding hydrogens is 356 g/mol. The van der Waals surface area contributed by atoms with Gasteiger partial charge in [-0.3, -0.25) is 0 Å². The molecule has 1 N–H and O–H groups in total. The molecule has 0 radical (unpaired) electrons. The summed E-state index contributed by atoms with van der Waals surface area (Å²) in [7, 11) is 0. The lowest BCUT2D eigenvalue weighted by molar-refractivity contribution is 0.443. The number of nitrogens with zero attached hydrogens (tertiary/aromatic N) is 3. The zero-order chi connectivity index (χ0) is 19.6. The summed E-state index contributed by atoms with van der Waals surface area (Å²) >= 11 is 0. The number of nitriles is 1. The van der Waals surface area contributed by atoms with Gasteiger partial charge in [-0.05, 0) is 41.5 Å². The average molecular weight is 378 g/mol. The first-order valence-electron chi connectivity index (χ1n) is 10.3. The molecule has 2 aromatic heterocycles. The van der Waals surface area contributed by atoms with Gasteiger partial charge < -0.3 is 4.98 Å². The zero-order valence-electron chi connectivity index (χ0n) is 16.2. The second-order valence-corrected chi connectivity index (χ2v) is 7.83. The SMILES string of the molecule is N#Cc1cnc2nc(-c3ccc(-c4ccc(C5CCCCC5)cc4)cc3)[nH]c2c1. The Labute approximate surface area is 170 Å². The lowest BCUT2D eigenvalue weighted by atomic mass is 9.84. The molecule has 0 atom stereocenters. The fourth-order valence-corrected chi connectivity index (χ4v) is 4.30. The third kappa shape index (κ3) is 3.52. The molecule has 29 heavy (non-hydrogen) atoms. The lowest BCUT2D eigenvalue weighted by Crippen LogP contribution is -2.04. The van der Waals surface area contributed by atoms with Crippen LogP contribution in [0.25, 0.3) is 33.7 Å². The third-order valence-electron chi connectivity index (χ3n) is 5.95. The fourth-order valence-electron chi connectivity index (χ4n) is 4.30. The van der Waals surface area contributed by atoms with Crippen LogP contribution in [-0.4, -0.2) is 15.0 Å². The number of H-pyrrole nitrogens is 1. The summed E-state index contributed by atoms with van der Waals surface area (Å²) in [6.45, 7) is 0. The van der Waals surface area contributed by atoms with E-state index >= 15 is 0 Å². The standard InChI is InChI=1S/C25H22N4/c26-15-17-14-23-25(27-16-17)29-24(28-23)22-12-10-21(11-13-22)20-8-6-19(7-9-20)18-4-2-1-3-5-18/h6-14,16,18H,1-5H2,(H,27,28,29). The van der Waals surface area contributed by atoms with E-state index < -0.39 is 0 Å². The molecule has 1 fully saturated rings. The summed E-state index contributed by atoms with van der Waals surface area (Å²) in [6, 6.07) is 21.4. The molecule has 1 saturated carbocycles. The number of aromatic amines is 1. The first kappa shape index (κ1) is 17.6. The van der Waals surface area contributed by atoms with Gasteiger partial charge in [0.1, 0.15) is 11.9 Å². The van der Waals surface area contributed by atoms with Crippen LogP contribution in [0.15, 0.2) is 60.8 Å². The Kier molecular flexibility index (Phi) is 4.57. The van der Waals surface area contributed by atoms with Crippen LogP contribution < -0.4 is 0 Å². The van der Waals surface area contributed by atoms with E-state index in [2.05, 4.69) is 69.6 Å². The molecule has 1 aliphatic carbocycles. The third-order valence-corrected chi connectivity index (χ3v) is 5.95. The molecule has 0 aliphatic heterocycles.